The van der Waals surface area contributed by atoms with E-state index >= 15 is 0 Å². The molecule has 0 saturated heterocycles. The van der Waals surface area contributed by atoms with Gasteiger partial charge in [0.05, 0.1) is 11.3 Å². The van der Waals surface area contributed by atoms with Gasteiger partial charge in [0.15, 0.2) is 5.11 Å². The number of rotatable bonds is 4. The van der Waals surface area contributed by atoms with Crippen LogP contribution in [0, 0.1) is 5.92 Å². The van der Waals surface area contributed by atoms with Crippen molar-refractivity contribution in [2.24, 2.45) is 11.7 Å². The minimum absolute atomic E-state index is 0.0608. The molecule has 21 heavy (non-hydrogen) atoms. The fourth-order valence-corrected chi connectivity index (χ4v) is 3.01. The van der Waals surface area contributed by atoms with E-state index in [1.54, 1.807) is 6.07 Å². The van der Waals surface area contributed by atoms with Gasteiger partial charge in [-0.25, -0.2) is 0 Å². The van der Waals surface area contributed by atoms with Gasteiger partial charge in [0.2, 0.25) is 0 Å². The average molecular weight is 305 g/mol. The first-order valence-corrected chi connectivity index (χ1v) is 7.97. The molecule has 1 aromatic carbocycles. The summed E-state index contributed by atoms with van der Waals surface area (Å²) in [5, 5.41) is 6.15. The summed E-state index contributed by atoms with van der Waals surface area (Å²) in [5.74, 6) is 0.760. The second-order valence-electron chi connectivity index (χ2n) is 5.63. The molecule has 4 N–H and O–H groups in total. The van der Waals surface area contributed by atoms with Gasteiger partial charge in [-0.1, -0.05) is 25.5 Å². The third-order valence-corrected chi connectivity index (χ3v) is 4.29. The molecular weight excluding hydrogens is 282 g/mol. The molecule has 0 radical (unpaired) electrons. The predicted octanol–water partition coefficient (Wildman–Crippen LogP) is 3.04. The first-order valence-electron chi connectivity index (χ1n) is 7.56. The zero-order valence-corrected chi connectivity index (χ0v) is 13.2. The van der Waals surface area contributed by atoms with Crippen LogP contribution in [0.1, 0.15) is 49.4 Å². The van der Waals surface area contributed by atoms with Crippen molar-refractivity contribution < 1.29 is 4.79 Å². The molecule has 1 saturated carbocycles. The second kappa shape index (κ2) is 7.41. The molecule has 0 heterocycles. The lowest BCUT2D eigenvalue weighted by Gasteiger charge is -2.28. The summed E-state index contributed by atoms with van der Waals surface area (Å²) in [6, 6.07) is 7.56. The molecular formula is C16H23N3OS. The number of carbonyl (C=O) groups is 1. The van der Waals surface area contributed by atoms with Gasteiger partial charge in [-0.05, 0) is 56.0 Å². The molecule has 0 aliphatic heterocycles. The minimum Gasteiger partial charge on any atom is -0.376 e. The number of benzene rings is 1. The highest BCUT2D eigenvalue weighted by Crippen LogP contribution is 2.27. The Kier molecular flexibility index (Phi) is 5.56. The van der Waals surface area contributed by atoms with Crippen LogP contribution in [0.3, 0.4) is 0 Å². The van der Waals surface area contributed by atoms with Crippen LogP contribution in [0.2, 0.25) is 0 Å². The van der Waals surface area contributed by atoms with Crippen molar-refractivity contribution in [2.45, 2.75) is 45.1 Å². The molecule has 4 nitrogen and oxygen atoms in total. The zero-order valence-electron chi connectivity index (χ0n) is 12.4. The molecule has 5 heteroatoms. The van der Waals surface area contributed by atoms with Crippen molar-refractivity contribution in [3.05, 3.63) is 29.8 Å². The fourth-order valence-electron chi connectivity index (χ4n) is 2.90. The molecule has 0 atom stereocenters. The largest absolute Gasteiger partial charge is 0.376 e. The van der Waals surface area contributed by atoms with E-state index in [4.69, 9.17) is 18.0 Å². The SMILES string of the molecule is CCC1CCC(NC(=O)c2ccccc2NC(N)=S)CC1. The Hall–Kier alpha value is -1.62. The molecule has 2 rings (SSSR count). The molecule has 1 aliphatic rings. The van der Waals surface area contributed by atoms with Crippen molar-refractivity contribution in [3.63, 3.8) is 0 Å². The van der Waals surface area contributed by atoms with Crippen molar-refractivity contribution >= 4 is 28.9 Å². The maximum atomic E-state index is 12.4. The number of hydrogen-bond acceptors (Lipinski definition) is 2. The smallest absolute Gasteiger partial charge is 0.253 e. The molecule has 1 fully saturated rings. The second-order valence-corrected chi connectivity index (χ2v) is 6.07. The van der Waals surface area contributed by atoms with Crippen LogP contribution in [0.25, 0.3) is 0 Å². The number of carbonyl (C=O) groups excluding carboxylic acids is 1. The topological polar surface area (TPSA) is 67.2 Å². The Morgan fingerprint density at radius 2 is 1.95 bits per heavy atom. The molecule has 1 aliphatic carbocycles. The van der Waals surface area contributed by atoms with Crippen molar-refractivity contribution in [1.29, 1.82) is 0 Å². The van der Waals surface area contributed by atoms with Crippen molar-refractivity contribution in [2.75, 3.05) is 5.32 Å². The molecule has 0 bridgehead atoms. The quantitative estimate of drug-likeness (QED) is 0.748. The van der Waals surface area contributed by atoms with E-state index in [0.29, 0.717) is 11.3 Å². The lowest BCUT2D eigenvalue weighted by atomic mass is 9.84. The predicted molar refractivity (Wildman–Crippen MR) is 90.4 cm³/mol. The average Bonchev–Trinajstić information content (AvgIpc) is 2.48. The number of hydrogen-bond donors (Lipinski definition) is 3. The van der Waals surface area contributed by atoms with E-state index < -0.39 is 0 Å². The molecule has 0 unspecified atom stereocenters. The lowest BCUT2D eigenvalue weighted by Crippen LogP contribution is -2.38. The van der Waals surface area contributed by atoms with Crippen LogP contribution >= 0.6 is 12.2 Å². The molecule has 1 aromatic rings. The number of anilines is 1. The fraction of sp³-hybridized carbons (Fsp3) is 0.500. The summed E-state index contributed by atoms with van der Waals surface area (Å²) in [6.07, 6.45) is 5.77. The number of nitrogens with two attached hydrogens (primary N) is 1. The third-order valence-electron chi connectivity index (χ3n) is 4.19. The number of para-hydroxylation sites is 1. The zero-order chi connectivity index (χ0) is 15.2. The normalized spacial score (nSPS) is 21.6. The highest BCUT2D eigenvalue weighted by molar-refractivity contribution is 7.80. The van der Waals surface area contributed by atoms with Crippen LogP contribution < -0.4 is 16.4 Å². The summed E-state index contributed by atoms with van der Waals surface area (Å²) in [7, 11) is 0. The summed E-state index contributed by atoms with van der Waals surface area (Å²) in [4.78, 5) is 12.4. The van der Waals surface area contributed by atoms with Gasteiger partial charge >= 0.3 is 0 Å². The Morgan fingerprint density at radius 3 is 2.57 bits per heavy atom. The van der Waals surface area contributed by atoms with Gasteiger partial charge in [-0.3, -0.25) is 4.79 Å². The van der Waals surface area contributed by atoms with Crippen LogP contribution in [0.5, 0.6) is 0 Å². The van der Waals surface area contributed by atoms with Gasteiger partial charge < -0.3 is 16.4 Å². The van der Waals surface area contributed by atoms with Gasteiger partial charge in [0.25, 0.3) is 5.91 Å². The summed E-state index contributed by atoms with van der Waals surface area (Å²) in [6.45, 7) is 2.24. The first kappa shape index (κ1) is 15.8. The summed E-state index contributed by atoms with van der Waals surface area (Å²) >= 11 is 4.85. The van der Waals surface area contributed by atoms with Gasteiger partial charge in [-0.2, -0.15) is 0 Å². The Labute approximate surface area is 131 Å². The minimum atomic E-state index is -0.0608. The Balaban J connectivity index is 1.99. The first-order chi connectivity index (χ1) is 10.1. The van der Waals surface area contributed by atoms with Gasteiger partial charge in [-0.15, -0.1) is 0 Å². The van der Waals surface area contributed by atoms with Crippen LogP contribution in [0.4, 0.5) is 5.69 Å². The Morgan fingerprint density at radius 1 is 1.29 bits per heavy atom. The van der Waals surface area contributed by atoms with E-state index in [0.717, 1.165) is 18.8 Å². The van der Waals surface area contributed by atoms with Crippen LogP contribution in [0.15, 0.2) is 24.3 Å². The monoisotopic (exact) mass is 305 g/mol. The van der Waals surface area contributed by atoms with Gasteiger partial charge in [0.1, 0.15) is 0 Å². The maximum Gasteiger partial charge on any atom is 0.253 e. The maximum absolute atomic E-state index is 12.4. The Bertz CT molecular complexity index is 510. The van der Waals surface area contributed by atoms with E-state index in [2.05, 4.69) is 17.6 Å². The van der Waals surface area contributed by atoms with Gasteiger partial charge in [0, 0.05) is 6.04 Å². The molecule has 1 amide bonds. The molecule has 0 aromatic heterocycles. The number of thiocarbonyl (C=S) groups is 1. The summed E-state index contributed by atoms with van der Waals surface area (Å²) in [5.41, 5.74) is 6.74. The molecule has 114 valence electrons. The van der Waals surface area contributed by atoms with E-state index in [-0.39, 0.29) is 17.1 Å². The highest BCUT2D eigenvalue weighted by atomic mass is 32.1. The standard InChI is InChI=1S/C16H23N3OS/c1-2-11-7-9-12(10-8-11)18-15(20)13-5-3-4-6-14(13)19-16(17)21/h3-6,11-12H,2,7-10H2,1H3,(H,18,20)(H3,17,19,21). The van der Waals surface area contributed by atoms with E-state index in [1.807, 2.05) is 18.2 Å². The third kappa shape index (κ3) is 4.43. The van der Waals surface area contributed by atoms with E-state index in [9.17, 15) is 4.79 Å². The number of amides is 1. The van der Waals surface area contributed by atoms with Crippen LogP contribution in [-0.4, -0.2) is 17.1 Å². The number of nitrogens with one attached hydrogen (secondary N) is 2. The van der Waals surface area contributed by atoms with Crippen molar-refractivity contribution in [1.82, 2.24) is 5.32 Å². The van der Waals surface area contributed by atoms with Crippen LogP contribution in [-0.2, 0) is 0 Å². The highest BCUT2D eigenvalue weighted by Gasteiger charge is 2.22. The molecule has 0 spiro atoms. The van der Waals surface area contributed by atoms with E-state index in [1.165, 1.54) is 19.3 Å². The lowest BCUT2D eigenvalue weighted by molar-refractivity contribution is 0.0922. The summed E-state index contributed by atoms with van der Waals surface area (Å²) < 4.78 is 0. The van der Waals surface area contributed by atoms with Crippen molar-refractivity contribution in [3.8, 4) is 0 Å².